The van der Waals surface area contributed by atoms with E-state index in [0.29, 0.717) is 31.3 Å². The molecule has 1 saturated heterocycles. The Kier molecular flexibility index (Phi) is 3.50. The molecule has 1 aliphatic heterocycles. The summed E-state index contributed by atoms with van der Waals surface area (Å²) in [5, 5.41) is 13.5. The molecule has 2 aliphatic rings. The number of anilines is 2. The van der Waals surface area contributed by atoms with Crippen molar-refractivity contribution in [3.8, 4) is 0 Å². The van der Waals surface area contributed by atoms with E-state index >= 15 is 0 Å². The molecule has 1 saturated carbocycles. The van der Waals surface area contributed by atoms with Crippen LogP contribution in [0, 0.1) is 11.7 Å². The fourth-order valence-electron chi connectivity index (χ4n) is 3.46. The van der Waals surface area contributed by atoms with E-state index in [9.17, 15) is 9.50 Å². The summed E-state index contributed by atoms with van der Waals surface area (Å²) in [7, 11) is 1.72. The van der Waals surface area contributed by atoms with Crippen molar-refractivity contribution >= 4 is 11.8 Å². The first-order chi connectivity index (χ1) is 9.62. The molecule has 6 heteroatoms. The molecule has 0 bridgehead atoms. The molecule has 1 aromatic rings. The van der Waals surface area contributed by atoms with E-state index in [1.54, 1.807) is 7.05 Å². The Morgan fingerprint density at radius 3 is 3.10 bits per heavy atom. The molecule has 2 atom stereocenters. The Morgan fingerprint density at radius 2 is 2.30 bits per heavy atom. The van der Waals surface area contributed by atoms with Gasteiger partial charge in [-0.2, -0.15) is 4.98 Å². The molecule has 110 valence electrons. The molecule has 3 rings (SSSR count). The topological polar surface area (TPSA) is 61.3 Å². The molecular formula is C14H21FN4O. The van der Waals surface area contributed by atoms with Gasteiger partial charge in [0.25, 0.3) is 0 Å². The van der Waals surface area contributed by atoms with E-state index in [4.69, 9.17) is 0 Å². The van der Waals surface area contributed by atoms with Crippen molar-refractivity contribution in [2.75, 3.05) is 30.4 Å². The molecule has 0 aromatic carbocycles. The van der Waals surface area contributed by atoms with Gasteiger partial charge < -0.3 is 15.3 Å². The molecule has 20 heavy (non-hydrogen) atoms. The molecule has 2 unspecified atom stereocenters. The summed E-state index contributed by atoms with van der Waals surface area (Å²) in [4.78, 5) is 10.0. The van der Waals surface area contributed by atoms with Crippen LogP contribution in [-0.4, -0.2) is 40.8 Å². The van der Waals surface area contributed by atoms with Crippen molar-refractivity contribution in [2.24, 2.45) is 5.92 Å². The quantitative estimate of drug-likeness (QED) is 0.865. The molecular weight excluding hydrogens is 259 g/mol. The highest BCUT2D eigenvalue weighted by Gasteiger charge is 2.43. The van der Waals surface area contributed by atoms with Crippen LogP contribution in [0.15, 0.2) is 6.20 Å². The Labute approximate surface area is 118 Å². The first-order valence-corrected chi connectivity index (χ1v) is 7.30. The Morgan fingerprint density at radius 1 is 1.45 bits per heavy atom. The number of fused-ring (bicyclic) bond motifs is 1. The van der Waals surface area contributed by atoms with Gasteiger partial charge in [-0.1, -0.05) is 12.8 Å². The average molecular weight is 280 g/mol. The van der Waals surface area contributed by atoms with Crippen molar-refractivity contribution in [3.05, 3.63) is 12.0 Å². The zero-order valence-corrected chi connectivity index (χ0v) is 11.8. The minimum Gasteiger partial charge on any atom is -0.389 e. The monoisotopic (exact) mass is 280 g/mol. The molecule has 1 aromatic heterocycles. The number of halogens is 1. The van der Waals surface area contributed by atoms with Gasteiger partial charge in [-0.15, -0.1) is 0 Å². The summed E-state index contributed by atoms with van der Waals surface area (Å²) in [6, 6.07) is 0. The number of nitrogens with zero attached hydrogens (tertiary/aromatic N) is 3. The van der Waals surface area contributed by atoms with Crippen LogP contribution in [0.4, 0.5) is 16.2 Å². The van der Waals surface area contributed by atoms with Crippen LogP contribution < -0.4 is 10.2 Å². The first-order valence-electron chi connectivity index (χ1n) is 7.30. The summed E-state index contributed by atoms with van der Waals surface area (Å²) in [6.07, 6.45) is 6.03. The standard InChI is InChI=1S/C14H21FN4O/c1-16-13-17-8-11(15)12(18-13)19-7-6-14(20)5-3-2-4-10(14)9-19/h8,10,20H,2-7,9H2,1H3,(H,16,17,18). The van der Waals surface area contributed by atoms with Crippen LogP contribution in [0.25, 0.3) is 0 Å². The number of hydrogen-bond donors (Lipinski definition) is 2. The summed E-state index contributed by atoms with van der Waals surface area (Å²) < 4.78 is 14.0. The molecule has 5 nitrogen and oxygen atoms in total. The zero-order chi connectivity index (χ0) is 14.2. The van der Waals surface area contributed by atoms with Crippen LogP contribution in [0.2, 0.25) is 0 Å². The maximum absolute atomic E-state index is 14.0. The average Bonchev–Trinajstić information content (AvgIpc) is 2.47. The second kappa shape index (κ2) is 5.16. The summed E-state index contributed by atoms with van der Waals surface area (Å²) >= 11 is 0. The predicted molar refractivity (Wildman–Crippen MR) is 75.3 cm³/mol. The predicted octanol–water partition coefficient (Wildman–Crippen LogP) is 1.79. The first kappa shape index (κ1) is 13.5. The van der Waals surface area contributed by atoms with Gasteiger partial charge in [-0.25, -0.2) is 9.37 Å². The molecule has 0 radical (unpaired) electrons. The zero-order valence-electron chi connectivity index (χ0n) is 11.8. The van der Waals surface area contributed by atoms with E-state index in [1.165, 1.54) is 6.20 Å². The maximum atomic E-state index is 14.0. The largest absolute Gasteiger partial charge is 0.389 e. The van der Waals surface area contributed by atoms with Crippen molar-refractivity contribution in [3.63, 3.8) is 0 Å². The fourth-order valence-corrected chi connectivity index (χ4v) is 3.46. The molecule has 1 aliphatic carbocycles. The van der Waals surface area contributed by atoms with Crippen LogP contribution in [0.1, 0.15) is 32.1 Å². The summed E-state index contributed by atoms with van der Waals surface area (Å²) in [5.74, 6) is 0.588. The number of nitrogens with one attached hydrogen (secondary N) is 1. The van der Waals surface area contributed by atoms with Crippen LogP contribution in [0.3, 0.4) is 0 Å². The second-order valence-electron chi connectivity index (χ2n) is 5.86. The molecule has 0 amide bonds. The highest BCUT2D eigenvalue weighted by molar-refractivity contribution is 5.44. The molecule has 2 heterocycles. The lowest BCUT2D eigenvalue weighted by Gasteiger charge is -2.47. The fraction of sp³-hybridized carbons (Fsp3) is 0.714. The van der Waals surface area contributed by atoms with Gasteiger partial charge in [-0.3, -0.25) is 0 Å². The SMILES string of the molecule is CNc1ncc(F)c(N2CCC3(O)CCCCC3C2)n1. The number of aromatic nitrogens is 2. The lowest BCUT2D eigenvalue weighted by molar-refractivity contribution is -0.0614. The van der Waals surface area contributed by atoms with Crippen LogP contribution >= 0.6 is 0 Å². The van der Waals surface area contributed by atoms with Gasteiger partial charge in [-0.05, 0) is 19.3 Å². The number of rotatable bonds is 2. The molecule has 2 fully saturated rings. The Balaban J connectivity index is 1.82. The van der Waals surface area contributed by atoms with Crippen LogP contribution in [-0.2, 0) is 0 Å². The third kappa shape index (κ3) is 2.32. The minimum atomic E-state index is -0.551. The van der Waals surface area contributed by atoms with E-state index < -0.39 is 11.4 Å². The maximum Gasteiger partial charge on any atom is 0.224 e. The van der Waals surface area contributed by atoms with Gasteiger partial charge in [0.15, 0.2) is 11.6 Å². The van der Waals surface area contributed by atoms with E-state index in [-0.39, 0.29) is 5.92 Å². The summed E-state index contributed by atoms with van der Waals surface area (Å²) in [5.41, 5.74) is -0.551. The van der Waals surface area contributed by atoms with Crippen LogP contribution in [0.5, 0.6) is 0 Å². The van der Waals surface area contributed by atoms with Gasteiger partial charge in [0.1, 0.15) is 0 Å². The van der Waals surface area contributed by atoms with Crippen molar-refractivity contribution < 1.29 is 9.50 Å². The Bertz CT molecular complexity index is 498. The van der Waals surface area contributed by atoms with Gasteiger partial charge >= 0.3 is 0 Å². The van der Waals surface area contributed by atoms with E-state index in [0.717, 1.165) is 25.7 Å². The highest BCUT2D eigenvalue weighted by atomic mass is 19.1. The Hall–Kier alpha value is -1.43. The van der Waals surface area contributed by atoms with E-state index in [1.807, 2.05) is 4.90 Å². The number of piperidine rings is 1. The smallest absolute Gasteiger partial charge is 0.224 e. The number of aliphatic hydroxyl groups is 1. The number of hydrogen-bond acceptors (Lipinski definition) is 5. The normalized spacial score (nSPS) is 29.9. The third-order valence-corrected chi connectivity index (χ3v) is 4.68. The third-order valence-electron chi connectivity index (χ3n) is 4.68. The molecule has 0 spiro atoms. The summed E-state index contributed by atoms with van der Waals surface area (Å²) in [6.45, 7) is 1.32. The van der Waals surface area contributed by atoms with Crippen molar-refractivity contribution in [1.29, 1.82) is 0 Å². The lowest BCUT2D eigenvalue weighted by Crippen LogP contribution is -2.53. The second-order valence-corrected chi connectivity index (χ2v) is 5.86. The van der Waals surface area contributed by atoms with Crippen molar-refractivity contribution in [2.45, 2.75) is 37.7 Å². The molecule has 2 N–H and O–H groups in total. The van der Waals surface area contributed by atoms with E-state index in [2.05, 4.69) is 15.3 Å². The van der Waals surface area contributed by atoms with Crippen molar-refractivity contribution in [1.82, 2.24) is 9.97 Å². The lowest BCUT2D eigenvalue weighted by atomic mass is 9.71. The van der Waals surface area contributed by atoms with Gasteiger partial charge in [0.2, 0.25) is 5.95 Å². The van der Waals surface area contributed by atoms with Gasteiger partial charge in [0, 0.05) is 26.1 Å². The van der Waals surface area contributed by atoms with Gasteiger partial charge in [0.05, 0.1) is 11.8 Å². The minimum absolute atomic E-state index is 0.220. The highest BCUT2D eigenvalue weighted by Crippen LogP contribution is 2.40.